The van der Waals surface area contributed by atoms with Crippen LogP contribution in [0.4, 0.5) is 0 Å². The van der Waals surface area contributed by atoms with Gasteiger partial charge in [-0.05, 0) is 42.1 Å². The molecule has 0 fully saturated rings. The van der Waals surface area contributed by atoms with E-state index in [0.717, 1.165) is 17.9 Å². The molecule has 0 spiro atoms. The first kappa shape index (κ1) is 17.3. The molecule has 25 heavy (non-hydrogen) atoms. The van der Waals surface area contributed by atoms with Gasteiger partial charge in [0, 0.05) is 18.1 Å². The third-order valence-corrected chi connectivity index (χ3v) is 4.94. The molecular formula is C20H22N2O2S. The van der Waals surface area contributed by atoms with Gasteiger partial charge in [0.15, 0.2) is 0 Å². The number of ether oxygens (including phenoxy) is 1. The first-order chi connectivity index (χ1) is 12.1. The Labute approximate surface area is 152 Å². The van der Waals surface area contributed by atoms with Crippen molar-refractivity contribution in [3.8, 4) is 5.75 Å². The number of hydrogen-bond acceptors (Lipinski definition) is 3. The van der Waals surface area contributed by atoms with Crippen LogP contribution < -0.4 is 4.74 Å². The van der Waals surface area contributed by atoms with E-state index in [0.29, 0.717) is 18.8 Å². The van der Waals surface area contributed by atoms with E-state index in [2.05, 4.69) is 11.4 Å². The quantitative estimate of drug-likeness (QED) is 0.641. The number of nitrogens with zero attached hydrogens (tertiary/aromatic N) is 2. The molecule has 4 nitrogen and oxygen atoms in total. The molecule has 0 aliphatic carbocycles. The Bertz CT molecular complexity index is 824. The number of carbonyl (C=O) groups is 1. The van der Waals surface area contributed by atoms with E-state index in [9.17, 15) is 4.79 Å². The number of aryl methyl sites for hydroxylation is 1. The monoisotopic (exact) mass is 354 g/mol. The Hall–Kier alpha value is -2.53. The minimum Gasteiger partial charge on any atom is -0.491 e. The summed E-state index contributed by atoms with van der Waals surface area (Å²) >= 11 is 1.70. The summed E-state index contributed by atoms with van der Waals surface area (Å²) in [4.78, 5) is 15.7. The highest BCUT2D eigenvalue weighted by Crippen LogP contribution is 2.16. The summed E-state index contributed by atoms with van der Waals surface area (Å²) in [6, 6.07) is 15.8. The minimum absolute atomic E-state index is 0.00920. The summed E-state index contributed by atoms with van der Waals surface area (Å²) in [5, 5.41) is 2.05. The Morgan fingerprint density at radius 1 is 1.16 bits per heavy atom. The molecule has 0 radical (unpaired) electrons. The smallest absolute Gasteiger partial charge is 0.270 e. The Kier molecular flexibility index (Phi) is 5.56. The molecule has 1 aromatic carbocycles. The molecule has 5 heteroatoms. The third-order valence-electron chi connectivity index (χ3n) is 4.08. The van der Waals surface area contributed by atoms with Gasteiger partial charge in [0.1, 0.15) is 18.1 Å². The Balaban J connectivity index is 1.57. The van der Waals surface area contributed by atoms with Gasteiger partial charge in [-0.1, -0.05) is 24.3 Å². The average molecular weight is 354 g/mol. The van der Waals surface area contributed by atoms with Crippen molar-refractivity contribution in [2.24, 2.45) is 0 Å². The van der Waals surface area contributed by atoms with Crippen LogP contribution in [0.2, 0.25) is 0 Å². The summed E-state index contributed by atoms with van der Waals surface area (Å²) in [6.07, 6.45) is 1.95. The number of thiophene rings is 1. The minimum atomic E-state index is 0.00920. The molecule has 0 N–H and O–H groups in total. The van der Waals surface area contributed by atoms with Crippen molar-refractivity contribution in [3.05, 3.63) is 76.2 Å². The highest BCUT2D eigenvalue weighted by atomic mass is 32.1. The fourth-order valence-electron chi connectivity index (χ4n) is 2.62. The number of para-hydroxylation sites is 1. The number of carbonyl (C=O) groups excluding carboxylic acids is 1. The molecule has 1 amide bonds. The van der Waals surface area contributed by atoms with Gasteiger partial charge in [-0.25, -0.2) is 0 Å². The number of hydrogen-bond donors (Lipinski definition) is 0. The van der Waals surface area contributed by atoms with Crippen LogP contribution >= 0.6 is 11.3 Å². The maximum atomic E-state index is 12.7. The maximum Gasteiger partial charge on any atom is 0.270 e. The van der Waals surface area contributed by atoms with Crippen LogP contribution in [0.3, 0.4) is 0 Å². The van der Waals surface area contributed by atoms with E-state index in [1.807, 2.05) is 67.2 Å². The zero-order chi connectivity index (χ0) is 17.6. The lowest BCUT2D eigenvalue weighted by Crippen LogP contribution is -2.32. The predicted molar refractivity (Wildman–Crippen MR) is 101 cm³/mol. The van der Waals surface area contributed by atoms with Crippen molar-refractivity contribution in [3.63, 3.8) is 0 Å². The van der Waals surface area contributed by atoms with Gasteiger partial charge < -0.3 is 14.2 Å². The van der Waals surface area contributed by atoms with E-state index >= 15 is 0 Å². The summed E-state index contributed by atoms with van der Waals surface area (Å²) < 4.78 is 7.78. The number of rotatable bonds is 7. The van der Waals surface area contributed by atoms with Crippen LogP contribution in [0.1, 0.15) is 20.9 Å². The van der Waals surface area contributed by atoms with Gasteiger partial charge in [-0.3, -0.25) is 4.79 Å². The van der Waals surface area contributed by atoms with E-state index in [4.69, 9.17) is 4.74 Å². The van der Waals surface area contributed by atoms with Crippen molar-refractivity contribution in [2.75, 3.05) is 20.2 Å². The van der Waals surface area contributed by atoms with Crippen molar-refractivity contribution in [1.29, 1.82) is 0 Å². The Morgan fingerprint density at radius 3 is 2.76 bits per heavy atom. The van der Waals surface area contributed by atoms with Crippen molar-refractivity contribution >= 4 is 17.2 Å². The lowest BCUT2D eigenvalue weighted by molar-refractivity contribution is 0.0763. The van der Waals surface area contributed by atoms with Gasteiger partial charge in [0.2, 0.25) is 0 Å². The van der Waals surface area contributed by atoms with E-state index in [1.165, 1.54) is 4.88 Å². The normalized spacial score (nSPS) is 10.6. The second kappa shape index (κ2) is 8.03. The van der Waals surface area contributed by atoms with Crippen LogP contribution in [0.15, 0.2) is 60.1 Å². The zero-order valence-corrected chi connectivity index (χ0v) is 15.3. The molecule has 3 rings (SSSR count). The third kappa shape index (κ3) is 4.31. The molecule has 3 aromatic rings. The van der Waals surface area contributed by atoms with E-state index < -0.39 is 0 Å². The van der Waals surface area contributed by atoms with Crippen molar-refractivity contribution in [1.82, 2.24) is 9.47 Å². The van der Waals surface area contributed by atoms with Gasteiger partial charge in [-0.15, -0.1) is 11.3 Å². The lowest BCUT2D eigenvalue weighted by Gasteiger charge is -2.19. The van der Waals surface area contributed by atoms with Crippen LogP contribution in [-0.2, 0) is 6.54 Å². The van der Waals surface area contributed by atoms with Crippen molar-refractivity contribution in [2.45, 2.75) is 13.5 Å². The van der Waals surface area contributed by atoms with Gasteiger partial charge in [0.05, 0.1) is 13.1 Å². The molecule has 2 heterocycles. The molecular weight excluding hydrogens is 332 g/mol. The fraction of sp³-hybridized carbons (Fsp3) is 0.250. The van der Waals surface area contributed by atoms with Crippen molar-refractivity contribution < 1.29 is 9.53 Å². The molecule has 0 atom stereocenters. The molecule has 2 aromatic heterocycles. The van der Waals surface area contributed by atoms with Crippen LogP contribution in [-0.4, -0.2) is 35.6 Å². The van der Waals surface area contributed by atoms with Crippen LogP contribution in [0, 0.1) is 6.92 Å². The SMILES string of the molecule is Cc1ccccc1OCCN(C)C(=O)c1cccn1Cc1cccs1. The first-order valence-corrected chi connectivity index (χ1v) is 9.14. The summed E-state index contributed by atoms with van der Waals surface area (Å²) in [5.41, 5.74) is 1.80. The standard InChI is InChI=1S/C20H22N2O2S/c1-16-7-3-4-10-19(16)24-13-12-21(2)20(23)18-9-5-11-22(18)15-17-8-6-14-25-17/h3-11,14H,12-13,15H2,1-2H3. The number of likely N-dealkylation sites (N-methyl/N-ethyl adjacent to an activating group) is 1. The molecule has 0 saturated carbocycles. The molecule has 0 aliphatic rings. The molecule has 0 unspecified atom stereocenters. The van der Waals surface area contributed by atoms with Crippen LogP contribution in [0.25, 0.3) is 0 Å². The Morgan fingerprint density at radius 2 is 2.00 bits per heavy atom. The summed E-state index contributed by atoms with van der Waals surface area (Å²) in [5.74, 6) is 0.874. The molecule has 0 aliphatic heterocycles. The largest absolute Gasteiger partial charge is 0.491 e. The van der Waals surface area contributed by atoms with E-state index in [1.54, 1.807) is 16.2 Å². The maximum absolute atomic E-state index is 12.7. The first-order valence-electron chi connectivity index (χ1n) is 8.26. The summed E-state index contributed by atoms with van der Waals surface area (Å²) in [7, 11) is 1.81. The van der Waals surface area contributed by atoms with Gasteiger partial charge in [0.25, 0.3) is 5.91 Å². The molecule has 130 valence electrons. The highest BCUT2D eigenvalue weighted by Gasteiger charge is 2.16. The summed E-state index contributed by atoms with van der Waals surface area (Å²) in [6.45, 7) is 3.75. The zero-order valence-electron chi connectivity index (χ0n) is 14.5. The lowest BCUT2D eigenvalue weighted by atomic mass is 10.2. The number of amides is 1. The van der Waals surface area contributed by atoms with E-state index in [-0.39, 0.29) is 5.91 Å². The number of benzene rings is 1. The van der Waals surface area contributed by atoms with Crippen LogP contribution in [0.5, 0.6) is 5.75 Å². The second-order valence-corrected chi connectivity index (χ2v) is 6.97. The fourth-order valence-corrected chi connectivity index (χ4v) is 3.33. The number of aromatic nitrogens is 1. The molecule has 0 saturated heterocycles. The topological polar surface area (TPSA) is 34.5 Å². The average Bonchev–Trinajstić information content (AvgIpc) is 3.28. The molecule has 0 bridgehead atoms. The van der Waals surface area contributed by atoms with Gasteiger partial charge in [-0.2, -0.15) is 0 Å². The second-order valence-electron chi connectivity index (χ2n) is 5.94. The van der Waals surface area contributed by atoms with Gasteiger partial charge >= 0.3 is 0 Å². The predicted octanol–water partition coefficient (Wildman–Crippen LogP) is 4.06. The highest BCUT2D eigenvalue weighted by molar-refractivity contribution is 7.09.